The molecule has 102 valence electrons. The van der Waals surface area contributed by atoms with Crippen LogP contribution in [0.2, 0.25) is 0 Å². The van der Waals surface area contributed by atoms with Crippen molar-refractivity contribution in [2.24, 2.45) is 0 Å². The lowest BCUT2D eigenvalue weighted by molar-refractivity contribution is 0.181. The fourth-order valence-corrected chi connectivity index (χ4v) is 2.93. The quantitative estimate of drug-likeness (QED) is 0.864. The molecule has 0 unspecified atom stereocenters. The zero-order valence-corrected chi connectivity index (χ0v) is 13.3. The summed E-state index contributed by atoms with van der Waals surface area (Å²) >= 11 is 5.09. The maximum Gasteiger partial charge on any atom is 0.171 e. The Balaban J connectivity index is 2.33. The average molecular weight is 342 g/mol. The van der Waals surface area contributed by atoms with Gasteiger partial charge in [0.25, 0.3) is 0 Å². The Hall–Kier alpha value is -0.980. The molecule has 19 heavy (non-hydrogen) atoms. The van der Waals surface area contributed by atoms with Crippen molar-refractivity contribution in [2.75, 3.05) is 19.0 Å². The average Bonchev–Trinajstić information content (AvgIpc) is 2.83. The maximum atomic E-state index is 5.16. The van der Waals surface area contributed by atoms with Crippen LogP contribution in [0, 0.1) is 0 Å². The number of aromatic nitrogens is 2. The number of thiophene rings is 1. The first-order valence-electron chi connectivity index (χ1n) is 6.09. The number of nitrogens with zero attached hydrogens (tertiary/aromatic N) is 2. The Morgan fingerprint density at radius 1 is 1.37 bits per heavy atom. The van der Waals surface area contributed by atoms with Crippen LogP contribution in [0.15, 0.2) is 22.0 Å². The Labute approximate surface area is 125 Å². The van der Waals surface area contributed by atoms with Gasteiger partial charge in [0.05, 0.1) is 21.0 Å². The molecule has 0 spiro atoms. The van der Waals surface area contributed by atoms with E-state index in [-0.39, 0.29) is 0 Å². The highest BCUT2D eigenvalue weighted by Crippen LogP contribution is 2.29. The summed E-state index contributed by atoms with van der Waals surface area (Å²) in [7, 11) is 1.67. The molecule has 0 aliphatic rings. The number of nitrogens with one attached hydrogen (secondary N) is 1. The molecule has 0 amide bonds. The molecule has 2 heterocycles. The van der Waals surface area contributed by atoms with E-state index in [1.165, 1.54) is 0 Å². The standard InChI is InChI=1S/C13H16BrN3OS/c1-3-6-15-12-7-9(8-18-2)16-13(17-12)10-4-5-11(14)19-10/h4-5,7H,3,6,8H2,1-2H3,(H,15,16,17). The maximum absolute atomic E-state index is 5.16. The molecule has 0 aromatic carbocycles. The van der Waals surface area contributed by atoms with E-state index < -0.39 is 0 Å². The zero-order valence-electron chi connectivity index (χ0n) is 10.9. The van der Waals surface area contributed by atoms with Crippen LogP contribution < -0.4 is 5.32 Å². The lowest BCUT2D eigenvalue weighted by atomic mass is 10.3. The topological polar surface area (TPSA) is 47.0 Å². The number of anilines is 1. The molecular formula is C13H16BrN3OS. The van der Waals surface area contributed by atoms with Gasteiger partial charge in [-0.05, 0) is 34.5 Å². The van der Waals surface area contributed by atoms with Gasteiger partial charge < -0.3 is 10.1 Å². The van der Waals surface area contributed by atoms with E-state index in [0.717, 1.165) is 39.0 Å². The molecule has 0 radical (unpaired) electrons. The Bertz CT molecular complexity index is 544. The van der Waals surface area contributed by atoms with Crippen molar-refractivity contribution in [1.82, 2.24) is 9.97 Å². The molecule has 0 fully saturated rings. The number of halogens is 1. The van der Waals surface area contributed by atoms with Gasteiger partial charge in [0.15, 0.2) is 5.82 Å². The molecular weight excluding hydrogens is 326 g/mol. The molecule has 0 bridgehead atoms. The van der Waals surface area contributed by atoms with Gasteiger partial charge in [-0.3, -0.25) is 0 Å². The van der Waals surface area contributed by atoms with Crippen molar-refractivity contribution in [3.8, 4) is 10.7 Å². The van der Waals surface area contributed by atoms with Gasteiger partial charge in [-0.1, -0.05) is 6.92 Å². The van der Waals surface area contributed by atoms with Gasteiger partial charge in [0, 0.05) is 19.7 Å². The minimum Gasteiger partial charge on any atom is -0.378 e. The Kier molecular flexibility index (Phi) is 5.30. The second-order valence-electron chi connectivity index (χ2n) is 4.03. The highest BCUT2D eigenvalue weighted by Gasteiger charge is 2.09. The molecule has 0 saturated heterocycles. The van der Waals surface area contributed by atoms with Crippen LogP contribution in [0.3, 0.4) is 0 Å². The van der Waals surface area contributed by atoms with E-state index in [4.69, 9.17) is 4.74 Å². The minimum absolute atomic E-state index is 0.489. The highest BCUT2D eigenvalue weighted by molar-refractivity contribution is 9.11. The van der Waals surface area contributed by atoms with Crippen LogP contribution in [-0.4, -0.2) is 23.6 Å². The third-order valence-electron chi connectivity index (χ3n) is 2.42. The summed E-state index contributed by atoms with van der Waals surface area (Å²) in [6.07, 6.45) is 1.06. The van der Waals surface area contributed by atoms with Gasteiger partial charge in [-0.15, -0.1) is 11.3 Å². The largest absolute Gasteiger partial charge is 0.378 e. The van der Waals surface area contributed by atoms with Crippen LogP contribution in [0.25, 0.3) is 10.7 Å². The Morgan fingerprint density at radius 3 is 2.84 bits per heavy atom. The van der Waals surface area contributed by atoms with Crippen molar-refractivity contribution in [1.29, 1.82) is 0 Å². The normalized spacial score (nSPS) is 10.7. The first kappa shape index (κ1) is 14.4. The van der Waals surface area contributed by atoms with Gasteiger partial charge in [-0.25, -0.2) is 9.97 Å². The lowest BCUT2D eigenvalue weighted by Crippen LogP contribution is -2.05. The molecule has 0 saturated carbocycles. The number of hydrogen-bond acceptors (Lipinski definition) is 5. The lowest BCUT2D eigenvalue weighted by Gasteiger charge is -2.08. The number of rotatable bonds is 6. The predicted molar refractivity (Wildman–Crippen MR) is 82.5 cm³/mol. The number of ether oxygens (including phenoxy) is 1. The van der Waals surface area contributed by atoms with Crippen molar-refractivity contribution >= 4 is 33.1 Å². The van der Waals surface area contributed by atoms with E-state index in [9.17, 15) is 0 Å². The molecule has 6 heteroatoms. The van der Waals surface area contributed by atoms with E-state index in [0.29, 0.717) is 6.61 Å². The summed E-state index contributed by atoms with van der Waals surface area (Å²) in [5.74, 6) is 1.59. The molecule has 2 aromatic heterocycles. The van der Waals surface area contributed by atoms with Gasteiger partial charge >= 0.3 is 0 Å². The Morgan fingerprint density at radius 2 is 2.21 bits per heavy atom. The van der Waals surface area contributed by atoms with E-state index >= 15 is 0 Å². The van der Waals surface area contributed by atoms with Gasteiger partial charge in [0.1, 0.15) is 5.82 Å². The second kappa shape index (κ2) is 6.98. The number of methoxy groups -OCH3 is 1. The monoisotopic (exact) mass is 341 g/mol. The van der Waals surface area contributed by atoms with E-state index in [1.54, 1.807) is 18.4 Å². The van der Waals surface area contributed by atoms with E-state index in [1.807, 2.05) is 18.2 Å². The first-order valence-corrected chi connectivity index (χ1v) is 7.70. The molecule has 2 rings (SSSR count). The van der Waals surface area contributed by atoms with Crippen LogP contribution in [0.4, 0.5) is 5.82 Å². The highest BCUT2D eigenvalue weighted by atomic mass is 79.9. The van der Waals surface area contributed by atoms with E-state index in [2.05, 4.69) is 38.1 Å². The van der Waals surface area contributed by atoms with Gasteiger partial charge in [-0.2, -0.15) is 0 Å². The summed E-state index contributed by atoms with van der Waals surface area (Å²) in [6.45, 7) is 3.52. The van der Waals surface area contributed by atoms with Crippen LogP contribution in [0.5, 0.6) is 0 Å². The molecule has 2 aromatic rings. The molecule has 1 N–H and O–H groups in total. The minimum atomic E-state index is 0.489. The van der Waals surface area contributed by atoms with Crippen LogP contribution in [0.1, 0.15) is 19.0 Å². The second-order valence-corrected chi connectivity index (χ2v) is 6.49. The molecule has 0 aliphatic heterocycles. The summed E-state index contributed by atoms with van der Waals surface area (Å²) in [5.41, 5.74) is 0.885. The van der Waals surface area contributed by atoms with Crippen LogP contribution >= 0.6 is 27.3 Å². The third kappa shape index (κ3) is 3.99. The summed E-state index contributed by atoms with van der Waals surface area (Å²) in [5, 5.41) is 3.30. The third-order valence-corrected chi connectivity index (χ3v) is 4.04. The first-order chi connectivity index (χ1) is 9.22. The molecule has 0 atom stereocenters. The predicted octanol–water partition coefficient (Wildman–Crippen LogP) is 3.94. The fourth-order valence-electron chi connectivity index (χ4n) is 1.61. The SMILES string of the molecule is CCCNc1cc(COC)nc(-c2ccc(Br)s2)n1. The van der Waals surface area contributed by atoms with Crippen molar-refractivity contribution in [2.45, 2.75) is 20.0 Å². The zero-order chi connectivity index (χ0) is 13.7. The molecule has 4 nitrogen and oxygen atoms in total. The van der Waals surface area contributed by atoms with Gasteiger partial charge in [0.2, 0.25) is 0 Å². The summed E-state index contributed by atoms with van der Waals surface area (Å²) in [4.78, 5) is 10.1. The fraction of sp³-hybridized carbons (Fsp3) is 0.385. The summed E-state index contributed by atoms with van der Waals surface area (Å²) in [6, 6.07) is 5.96. The van der Waals surface area contributed by atoms with Crippen molar-refractivity contribution in [3.63, 3.8) is 0 Å². The number of hydrogen-bond donors (Lipinski definition) is 1. The van der Waals surface area contributed by atoms with Crippen molar-refractivity contribution in [3.05, 3.63) is 27.7 Å². The molecule has 0 aliphatic carbocycles. The van der Waals surface area contributed by atoms with Crippen molar-refractivity contribution < 1.29 is 4.74 Å². The smallest absolute Gasteiger partial charge is 0.171 e. The van der Waals surface area contributed by atoms with Crippen LogP contribution in [-0.2, 0) is 11.3 Å². The summed E-state index contributed by atoms with van der Waals surface area (Å²) < 4.78 is 6.23.